The van der Waals surface area contributed by atoms with E-state index in [0.717, 1.165) is 16.7 Å². The summed E-state index contributed by atoms with van der Waals surface area (Å²) in [6.07, 6.45) is 0.441. The average Bonchev–Trinajstić information content (AvgIpc) is 2.87. The van der Waals surface area contributed by atoms with Crippen LogP contribution in [-0.4, -0.2) is 35.1 Å². The van der Waals surface area contributed by atoms with E-state index in [4.69, 9.17) is 23.2 Å². The van der Waals surface area contributed by atoms with E-state index in [0.29, 0.717) is 41.2 Å². The number of hydrogen-bond acceptors (Lipinski definition) is 3. The van der Waals surface area contributed by atoms with Gasteiger partial charge in [0.05, 0.1) is 5.75 Å². The fraction of sp³-hybridized carbons (Fsp3) is 0.310. The van der Waals surface area contributed by atoms with Crippen molar-refractivity contribution in [3.63, 3.8) is 0 Å². The molecule has 0 aromatic heterocycles. The first kappa shape index (κ1) is 28.1. The van der Waals surface area contributed by atoms with E-state index >= 15 is 0 Å². The molecule has 3 aromatic carbocycles. The molecule has 7 heteroatoms. The van der Waals surface area contributed by atoms with Gasteiger partial charge in [0.25, 0.3) is 0 Å². The highest BCUT2D eigenvalue weighted by molar-refractivity contribution is 7.99. The molecule has 0 fully saturated rings. The number of carbonyl (C=O) groups is 2. The number of rotatable bonds is 12. The normalized spacial score (nSPS) is 11.8. The second-order valence-electron chi connectivity index (χ2n) is 9.08. The third-order valence-electron chi connectivity index (χ3n) is 5.65. The Balaban J connectivity index is 1.82. The standard InChI is InChI=1S/C29H32Cl2N2O2S/c1-21(2)17-32-29(35)27(15-22-9-5-3-6-10-22)33(18-23-11-7-4-8-12-23)28(34)20-36-19-24-13-14-25(30)16-26(24)31/h3-14,16,21,27H,15,17-20H2,1-2H3,(H,32,35)/t27-/m1/s1. The summed E-state index contributed by atoms with van der Waals surface area (Å²) in [7, 11) is 0. The molecule has 3 rings (SSSR count). The van der Waals surface area contributed by atoms with Crippen LogP contribution in [0.15, 0.2) is 78.9 Å². The second-order valence-corrected chi connectivity index (χ2v) is 10.9. The fourth-order valence-electron chi connectivity index (χ4n) is 3.73. The summed E-state index contributed by atoms with van der Waals surface area (Å²) in [4.78, 5) is 28.8. The Hall–Kier alpha value is -2.47. The molecule has 4 nitrogen and oxygen atoms in total. The molecule has 2 amide bonds. The molecular weight excluding hydrogens is 511 g/mol. The van der Waals surface area contributed by atoms with Crippen LogP contribution in [0.1, 0.15) is 30.5 Å². The highest BCUT2D eigenvalue weighted by atomic mass is 35.5. The fourth-order valence-corrected chi connectivity index (χ4v) is 5.20. The first-order valence-corrected chi connectivity index (χ1v) is 13.9. The monoisotopic (exact) mass is 542 g/mol. The topological polar surface area (TPSA) is 49.4 Å². The van der Waals surface area contributed by atoms with Crippen molar-refractivity contribution in [1.82, 2.24) is 10.2 Å². The van der Waals surface area contributed by atoms with Gasteiger partial charge in [0.15, 0.2) is 0 Å². The van der Waals surface area contributed by atoms with Crippen LogP contribution in [-0.2, 0) is 28.3 Å². The van der Waals surface area contributed by atoms with Gasteiger partial charge in [0.2, 0.25) is 11.8 Å². The first-order chi connectivity index (χ1) is 17.3. The van der Waals surface area contributed by atoms with Crippen molar-refractivity contribution in [2.24, 2.45) is 5.92 Å². The van der Waals surface area contributed by atoms with Crippen LogP contribution in [0.2, 0.25) is 10.0 Å². The number of hydrogen-bond donors (Lipinski definition) is 1. The molecule has 0 aliphatic rings. The maximum Gasteiger partial charge on any atom is 0.243 e. The van der Waals surface area contributed by atoms with Crippen LogP contribution < -0.4 is 5.32 Å². The van der Waals surface area contributed by atoms with E-state index in [-0.39, 0.29) is 17.6 Å². The number of amides is 2. The van der Waals surface area contributed by atoms with Crippen LogP contribution in [0, 0.1) is 5.92 Å². The van der Waals surface area contributed by atoms with Crippen LogP contribution >= 0.6 is 35.0 Å². The summed E-state index contributed by atoms with van der Waals surface area (Å²) in [6, 6.07) is 24.4. The Bertz CT molecular complexity index is 1130. The van der Waals surface area contributed by atoms with Crippen LogP contribution in [0.5, 0.6) is 0 Å². The molecule has 190 valence electrons. The summed E-state index contributed by atoms with van der Waals surface area (Å²) >= 11 is 13.8. The molecule has 3 aromatic rings. The van der Waals surface area contributed by atoms with E-state index in [2.05, 4.69) is 19.2 Å². The number of nitrogens with one attached hydrogen (secondary N) is 1. The summed E-state index contributed by atoms with van der Waals surface area (Å²) in [5, 5.41) is 4.21. The minimum absolute atomic E-state index is 0.0884. The predicted octanol–water partition coefficient (Wildman–Crippen LogP) is 6.64. The van der Waals surface area contributed by atoms with Crippen molar-refractivity contribution in [2.75, 3.05) is 12.3 Å². The number of halogens is 2. The Morgan fingerprint density at radius 3 is 2.17 bits per heavy atom. The number of benzene rings is 3. The van der Waals surface area contributed by atoms with Gasteiger partial charge < -0.3 is 10.2 Å². The van der Waals surface area contributed by atoms with Crippen molar-refractivity contribution in [3.8, 4) is 0 Å². The van der Waals surface area contributed by atoms with Crippen molar-refractivity contribution in [2.45, 2.75) is 38.6 Å². The second kappa shape index (κ2) is 14.3. The molecule has 1 atom stereocenters. The molecule has 0 aliphatic heterocycles. The van der Waals surface area contributed by atoms with E-state index in [1.54, 1.807) is 17.0 Å². The van der Waals surface area contributed by atoms with Gasteiger partial charge in [0, 0.05) is 35.3 Å². The zero-order chi connectivity index (χ0) is 25.9. The van der Waals surface area contributed by atoms with Gasteiger partial charge in [-0.15, -0.1) is 11.8 Å². The van der Waals surface area contributed by atoms with Crippen molar-refractivity contribution < 1.29 is 9.59 Å². The molecule has 0 bridgehead atoms. The third-order valence-corrected chi connectivity index (χ3v) is 7.20. The zero-order valence-electron chi connectivity index (χ0n) is 20.6. The molecule has 0 heterocycles. The van der Waals surface area contributed by atoms with Gasteiger partial charge >= 0.3 is 0 Å². The Morgan fingerprint density at radius 1 is 0.917 bits per heavy atom. The molecule has 0 saturated heterocycles. The van der Waals surface area contributed by atoms with Crippen LogP contribution in [0.25, 0.3) is 0 Å². The molecule has 0 unspecified atom stereocenters. The molecule has 36 heavy (non-hydrogen) atoms. The van der Waals surface area contributed by atoms with Crippen molar-refractivity contribution in [3.05, 3.63) is 106 Å². The molecule has 0 aliphatic carbocycles. The lowest BCUT2D eigenvalue weighted by atomic mass is 10.0. The van der Waals surface area contributed by atoms with E-state index in [1.807, 2.05) is 66.7 Å². The quantitative estimate of drug-likeness (QED) is 0.279. The zero-order valence-corrected chi connectivity index (χ0v) is 23.0. The van der Waals surface area contributed by atoms with Gasteiger partial charge in [-0.25, -0.2) is 0 Å². The molecule has 1 N–H and O–H groups in total. The lowest BCUT2D eigenvalue weighted by Gasteiger charge is -2.32. The van der Waals surface area contributed by atoms with Gasteiger partial charge in [-0.2, -0.15) is 0 Å². The predicted molar refractivity (Wildman–Crippen MR) is 151 cm³/mol. The summed E-state index contributed by atoms with van der Waals surface area (Å²) in [5.41, 5.74) is 2.91. The maximum absolute atomic E-state index is 13.6. The third kappa shape index (κ3) is 8.88. The highest BCUT2D eigenvalue weighted by Gasteiger charge is 2.30. The van der Waals surface area contributed by atoms with Crippen molar-refractivity contribution in [1.29, 1.82) is 0 Å². The smallest absolute Gasteiger partial charge is 0.243 e. The largest absolute Gasteiger partial charge is 0.354 e. The minimum Gasteiger partial charge on any atom is -0.354 e. The van der Waals surface area contributed by atoms with E-state index in [9.17, 15) is 9.59 Å². The van der Waals surface area contributed by atoms with Gasteiger partial charge in [0.1, 0.15) is 6.04 Å². The molecular formula is C29H32Cl2N2O2S. The Morgan fingerprint density at radius 2 is 1.56 bits per heavy atom. The van der Waals surface area contributed by atoms with Gasteiger partial charge in [-0.05, 0) is 34.7 Å². The molecule has 0 spiro atoms. The van der Waals surface area contributed by atoms with Crippen molar-refractivity contribution >= 4 is 46.8 Å². The molecule has 0 radical (unpaired) electrons. The Kier molecular flexibility index (Phi) is 11.2. The first-order valence-electron chi connectivity index (χ1n) is 12.0. The Labute approximate surface area is 228 Å². The molecule has 0 saturated carbocycles. The van der Waals surface area contributed by atoms with E-state index in [1.165, 1.54) is 11.8 Å². The SMILES string of the molecule is CC(C)CNC(=O)[C@@H](Cc1ccccc1)N(Cc1ccccc1)C(=O)CSCc1ccc(Cl)cc1Cl. The average molecular weight is 544 g/mol. The number of nitrogens with zero attached hydrogens (tertiary/aromatic N) is 1. The summed E-state index contributed by atoms with van der Waals surface area (Å²) < 4.78 is 0. The number of carbonyl (C=O) groups excluding carboxylic acids is 2. The summed E-state index contributed by atoms with van der Waals surface area (Å²) in [5.74, 6) is 0.889. The lowest BCUT2D eigenvalue weighted by molar-refractivity contribution is -0.139. The highest BCUT2D eigenvalue weighted by Crippen LogP contribution is 2.25. The van der Waals surface area contributed by atoms with Gasteiger partial charge in [-0.3, -0.25) is 9.59 Å². The van der Waals surface area contributed by atoms with Gasteiger partial charge in [-0.1, -0.05) is 104 Å². The van der Waals surface area contributed by atoms with Crippen LogP contribution in [0.4, 0.5) is 0 Å². The number of thioether (sulfide) groups is 1. The van der Waals surface area contributed by atoms with E-state index < -0.39 is 6.04 Å². The lowest BCUT2D eigenvalue weighted by Crippen LogP contribution is -2.51. The minimum atomic E-state index is -0.626. The van der Waals surface area contributed by atoms with Crippen LogP contribution in [0.3, 0.4) is 0 Å². The summed E-state index contributed by atoms with van der Waals surface area (Å²) in [6.45, 7) is 5.02. The maximum atomic E-state index is 13.6.